The number of ether oxygens (including phenoxy) is 2. The highest BCUT2D eigenvalue weighted by atomic mass is 31.2. The molecule has 0 aliphatic heterocycles. The van der Waals surface area contributed by atoms with Gasteiger partial charge >= 0.3 is 13.8 Å². The van der Waals surface area contributed by atoms with Gasteiger partial charge in [0.25, 0.3) is 0 Å². The molecule has 0 radical (unpaired) electrons. The first-order chi connectivity index (χ1) is 35.0. The first-order valence-corrected chi connectivity index (χ1v) is 29.2. The number of aliphatic hydroxyl groups is 5. The molecule has 0 aromatic carbocycles. The molecule has 1 aliphatic carbocycles. The number of unbranched alkanes of at least 4 members (excludes halogenated alkanes) is 16. The zero-order chi connectivity index (χ0) is 52.6. The van der Waals surface area contributed by atoms with Gasteiger partial charge in [-0.3, -0.25) is 13.8 Å². The first kappa shape index (κ1) is 67.0. The number of carbonyl (C=O) groups excluding carboxylic acids is 1. The van der Waals surface area contributed by atoms with E-state index in [0.29, 0.717) is 13.0 Å². The Morgan fingerprint density at radius 2 is 0.778 bits per heavy atom. The molecule has 0 amide bonds. The highest BCUT2D eigenvalue weighted by Gasteiger charge is 2.51. The highest BCUT2D eigenvalue weighted by Crippen LogP contribution is 2.47. The second-order valence-electron chi connectivity index (χ2n) is 18.7. The number of aliphatic hydroxyl groups excluding tert-OH is 5. The summed E-state index contributed by atoms with van der Waals surface area (Å²) in [5.74, 6) is -0.492. The lowest BCUT2D eigenvalue weighted by Gasteiger charge is -2.41. The van der Waals surface area contributed by atoms with Crippen LogP contribution in [0.3, 0.4) is 0 Å². The third kappa shape index (κ3) is 38.6. The van der Waals surface area contributed by atoms with E-state index in [1.165, 1.54) is 38.5 Å². The molecule has 0 aromatic heterocycles. The predicted octanol–water partition coefficient (Wildman–Crippen LogP) is 13.2. The van der Waals surface area contributed by atoms with Gasteiger partial charge in [-0.25, -0.2) is 4.57 Å². The fourth-order valence-electron chi connectivity index (χ4n) is 7.84. The zero-order valence-electron chi connectivity index (χ0n) is 44.4. The van der Waals surface area contributed by atoms with Crippen LogP contribution >= 0.6 is 7.82 Å². The number of hydrogen-bond acceptors (Lipinski definition) is 11. The fraction of sp³-hybridized carbons (Fsp3) is 0.678. The zero-order valence-corrected chi connectivity index (χ0v) is 45.3. The molecular weight excluding hydrogens is 932 g/mol. The van der Waals surface area contributed by atoms with Gasteiger partial charge in [0.2, 0.25) is 0 Å². The van der Waals surface area contributed by atoms with Crippen molar-refractivity contribution in [3.63, 3.8) is 0 Å². The monoisotopic (exact) mass is 1030 g/mol. The second-order valence-corrected chi connectivity index (χ2v) is 20.1. The molecule has 0 spiro atoms. The fourth-order valence-corrected chi connectivity index (χ4v) is 8.82. The molecule has 1 fully saturated rings. The van der Waals surface area contributed by atoms with Crippen LogP contribution in [0.2, 0.25) is 0 Å². The van der Waals surface area contributed by atoms with Crippen LogP contribution in [0.1, 0.15) is 194 Å². The van der Waals surface area contributed by atoms with Crippen molar-refractivity contribution < 1.29 is 58.3 Å². The van der Waals surface area contributed by atoms with Crippen molar-refractivity contribution in [2.24, 2.45) is 0 Å². The van der Waals surface area contributed by atoms with Gasteiger partial charge in [-0.1, -0.05) is 200 Å². The lowest BCUT2D eigenvalue weighted by molar-refractivity contribution is -0.220. The van der Waals surface area contributed by atoms with Gasteiger partial charge in [0.05, 0.1) is 13.2 Å². The van der Waals surface area contributed by atoms with Gasteiger partial charge in [-0.15, -0.1) is 0 Å². The SMILES string of the molecule is CC/C=C\C/C=C\C/C=C\C/C=C\C/C=C\CCCCCCCCOCC(COP(=O)(O)OC1C(O)C(O)C(O)C(O)C1O)OC(=O)CCCCCCCCCCCC/C=C\C/C=C\C/C=C\C/C=C\CC. The Hall–Kier alpha value is -3.00. The van der Waals surface area contributed by atoms with Gasteiger partial charge in [0.15, 0.2) is 0 Å². The van der Waals surface area contributed by atoms with E-state index in [0.717, 1.165) is 128 Å². The first-order valence-electron chi connectivity index (χ1n) is 27.7. The van der Waals surface area contributed by atoms with Gasteiger partial charge in [-0.2, -0.15) is 0 Å². The minimum atomic E-state index is -5.04. The summed E-state index contributed by atoms with van der Waals surface area (Å²) in [5.41, 5.74) is 0. The highest BCUT2D eigenvalue weighted by molar-refractivity contribution is 7.47. The number of phosphoric acid groups is 1. The van der Waals surface area contributed by atoms with Crippen LogP contribution < -0.4 is 0 Å². The molecule has 6 atom stereocenters. The van der Waals surface area contributed by atoms with E-state index < -0.39 is 63.1 Å². The van der Waals surface area contributed by atoms with E-state index in [2.05, 4.69) is 123 Å². The van der Waals surface area contributed by atoms with Crippen molar-refractivity contribution in [2.45, 2.75) is 236 Å². The van der Waals surface area contributed by atoms with Crippen LogP contribution in [-0.2, 0) is 27.9 Å². The lowest BCUT2D eigenvalue weighted by atomic mass is 9.85. The topological polar surface area (TPSA) is 192 Å². The van der Waals surface area contributed by atoms with E-state index >= 15 is 0 Å². The summed E-state index contributed by atoms with van der Waals surface area (Å²) in [7, 11) is -5.04. The molecule has 12 nitrogen and oxygen atoms in total. The third-order valence-electron chi connectivity index (χ3n) is 12.1. The summed E-state index contributed by atoms with van der Waals surface area (Å²) in [6, 6.07) is 0. The summed E-state index contributed by atoms with van der Waals surface area (Å²) in [4.78, 5) is 23.3. The normalized spacial score (nSPS) is 21.5. The molecular formula is C59H99O12P. The van der Waals surface area contributed by atoms with Crippen molar-refractivity contribution in [3.8, 4) is 0 Å². The molecule has 1 saturated carbocycles. The Morgan fingerprint density at radius 1 is 0.444 bits per heavy atom. The van der Waals surface area contributed by atoms with E-state index in [9.17, 15) is 39.8 Å². The summed E-state index contributed by atoms with van der Waals surface area (Å²) >= 11 is 0. The van der Waals surface area contributed by atoms with Crippen molar-refractivity contribution in [1.82, 2.24) is 0 Å². The Labute approximate surface area is 436 Å². The number of allylic oxidation sites excluding steroid dienone is 18. The van der Waals surface area contributed by atoms with Crippen LogP contribution in [0.15, 0.2) is 109 Å². The maximum atomic E-state index is 12.9. The van der Waals surface area contributed by atoms with Crippen molar-refractivity contribution in [1.29, 1.82) is 0 Å². The number of hydrogen-bond donors (Lipinski definition) is 6. The lowest BCUT2D eigenvalue weighted by Crippen LogP contribution is -2.64. The Balaban J connectivity index is 2.33. The summed E-state index contributed by atoms with van der Waals surface area (Å²) in [5, 5.41) is 50.4. The Kier molecular flexibility index (Phi) is 44.4. The standard InChI is InChI=1S/C59H99O12P/c1-3-5-7-9-11-13-15-17-19-21-23-25-27-28-30-32-34-36-38-40-42-44-46-48-53(60)70-52(51-69-72(66,67)71-59-57(64)55(62)54(61)56(63)58(59)65)50-68-49-47-45-43-41-39-37-35-33-31-29-26-24-22-20-18-16-14-12-10-8-6-4-2/h5-8,11-14,17-20,23-26,31,33,52,54-59,61-65H,3-4,9-10,15-16,21-22,27-30,32,34-51H2,1-2H3,(H,66,67)/b7-5-,8-6-,13-11-,14-12-,19-17-,20-18-,25-23-,26-24-,33-31-. The summed E-state index contributed by atoms with van der Waals surface area (Å²) in [6.45, 7) is 4.00. The number of phosphoric ester groups is 1. The average molecular weight is 1030 g/mol. The van der Waals surface area contributed by atoms with E-state index in [1.54, 1.807) is 0 Å². The molecule has 0 saturated heterocycles. The molecule has 6 N–H and O–H groups in total. The van der Waals surface area contributed by atoms with Crippen LogP contribution in [0, 0.1) is 0 Å². The largest absolute Gasteiger partial charge is 0.472 e. The summed E-state index contributed by atoms with van der Waals surface area (Å²) in [6.07, 6.45) is 55.7. The van der Waals surface area contributed by atoms with E-state index in [4.69, 9.17) is 18.5 Å². The smallest absolute Gasteiger partial charge is 0.457 e. The molecule has 13 heteroatoms. The molecule has 6 unspecified atom stereocenters. The molecule has 412 valence electrons. The number of rotatable bonds is 46. The molecule has 1 rings (SSSR count). The van der Waals surface area contributed by atoms with Gasteiger partial charge in [0.1, 0.15) is 42.7 Å². The maximum absolute atomic E-state index is 12.9. The van der Waals surface area contributed by atoms with Crippen LogP contribution in [0.4, 0.5) is 0 Å². The summed E-state index contributed by atoms with van der Waals surface area (Å²) < 4.78 is 34.4. The van der Waals surface area contributed by atoms with Gasteiger partial charge in [-0.05, 0) is 96.3 Å². The maximum Gasteiger partial charge on any atom is 0.472 e. The predicted molar refractivity (Wildman–Crippen MR) is 294 cm³/mol. The van der Waals surface area contributed by atoms with Crippen LogP contribution in [0.25, 0.3) is 0 Å². The Bertz CT molecular complexity index is 1600. The van der Waals surface area contributed by atoms with Crippen LogP contribution in [-0.4, -0.2) is 98.9 Å². The quantitative estimate of drug-likeness (QED) is 0.0147. The minimum Gasteiger partial charge on any atom is -0.457 e. The molecule has 1 aliphatic rings. The Morgan fingerprint density at radius 3 is 1.18 bits per heavy atom. The average Bonchev–Trinajstić information content (AvgIpc) is 3.37. The minimum absolute atomic E-state index is 0.0955. The van der Waals surface area contributed by atoms with E-state index in [1.807, 2.05) is 0 Å². The molecule has 0 heterocycles. The number of carbonyl (C=O) groups is 1. The number of esters is 1. The van der Waals surface area contributed by atoms with E-state index in [-0.39, 0.29) is 13.0 Å². The van der Waals surface area contributed by atoms with Crippen molar-refractivity contribution in [3.05, 3.63) is 109 Å². The molecule has 72 heavy (non-hydrogen) atoms. The molecule has 0 aromatic rings. The molecule has 0 bridgehead atoms. The van der Waals surface area contributed by atoms with Gasteiger partial charge in [0, 0.05) is 13.0 Å². The van der Waals surface area contributed by atoms with Crippen LogP contribution in [0.5, 0.6) is 0 Å². The van der Waals surface area contributed by atoms with Crippen molar-refractivity contribution in [2.75, 3.05) is 19.8 Å². The van der Waals surface area contributed by atoms with Crippen molar-refractivity contribution >= 4 is 13.8 Å². The van der Waals surface area contributed by atoms with Gasteiger partial charge < -0.3 is 39.9 Å². The third-order valence-corrected chi connectivity index (χ3v) is 13.1. The second kappa shape index (κ2) is 47.7.